The van der Waals surface area contributed by atoms with E-state index in [1.54, 1.807) is 0 Å². The highest BCUT2D eigenvalue weighted by Gasteiger charge is 1.93. The number of ether oxygens (including phenoxy) is 10. The van der Waals surface area contributed by atoms with E-state index in [2.05, 4.69) is 0 Å². The van der Waals surface area contributed by atoms with Crippen LogP contribution in [0.25, 0.3) is 0 Å². The minimum absolute atomic E-state index is 0.0359. The molecule has 258 valence electrons. The van der Waals surface area contributed by atoms with E-state index < -0.39 is 0 Å². The van der Waals surface area contributed by atoms with Crippen LogP contribution in [0.3, 0.4) is 0 Å². The van der Waals surface area contributed by atoms with Crippen molar-refractivity contribution in [3.05, 3.63) is 0 Å². The highest BCUT2D eigenvalue weighted by atomic mass is 16.6. The van der Waals surface area contributed by atoms with Crippen molar-refractivity contribution in [3.63, 3.8) is 0 Å². The highest BCUT2D eigenvalue weighted by molar-refractivity contribution is 4.36. The first-order valence-corrected chi connectivity index (χ1v) is 14.2. The average molecular weight is 627 g/mol. The molecule has 0 aromatic heterocycles. The molecule has 0 radical (unpaired) electrons. The molecule has 0 aromatic rings. The lowest BCUT2D eigenvalue weighted by molar-refractivity contribution is -0.0151. The third-order valence-electron chi connectivity index (χ3n) is 4.02. The first-order valence-electron chi connectivity index (χ1n) is 14.2. The van der Waals surface area contributed by atoms with E-state index in [-0.39, 0.29) is 39.6 Å². The Morgan fingerprint density at radius 2 is 0.262 bits per heavy atom. The van der Waals surface area contributed by atoms with Gasteiger partial charge in [-0.2, -0.15) is 0 Å². The van der Waals surface area contributed by atoms with Crippen LogP contribution >= 0.6 is 0 Å². The molecule has 0 aliphatic carbocycles. The number of aliphatic hydroxyl groups excluding tert-OH is 6. The SMILES string of the molecule is OCCOCCOCCO.OCCOCCOCCOCCO.OCCOCCOCCOCCOCCOCCO. The lowest BCUT2D eigenvalue weighted by atomic mass is 10.7. The summed E-state index contributed by atoms with van der Waals surface area (Å²) in [4.78, 5) is 0. The molecule has 0 bridgehead atoms. The minimum Gasteiger partial charge on any atom is -0.394 e. The molecule has 0 saturated carbocycles. The van der Waals surface area contributed by atoms with Crippen molar-refractivity contribution in [3.8, 4) is 0 Å². The first-order chi connectivity index (χ1) is 20.7. The summed E-state index contributed by atoms with van der Waals surface area (Å²) < 4.78 is 50.6. The van der Waals surface area contributed by atoms with Gasteiger partial charge in [-0.25, -0.2) is 0 Å². The monoisotopic (exact) mass is 626 g/mol. The summed E-state index contributed by atoms with van der Waals surface area (Å²) in [5.74, 6) is 0. The Labute approximate surface area is 250 Å². The van der Waals surface area contributed by atoms with Gasteiger partial charge < -0.3 is 78.0 Å². The Balaban J connectivity index is -0.000000576. The predicted molar refractivity (Wildman–Crippen MR) is 151 cm³/mol. The van der Waals surface area contributed by atoms with Crippen LogP contribution in [-0.4, -0.2) is 202 Å². The zero-order chi connectivity index (χ0) is 31.5. The minimum atomic E-state index is 0.0359. The van der Waals surface area contributed by atoms with Gasteiger partial charge in [-0.15, -0.1) is 0 Å². The fraction of sp³-hybridized carbons (Fsp3) is 1.00. The summed E-state index contributed by atoms with van der Waals surface area (Å²) in [6.07, 6.45) is 0. The molecule has 0 aliphatic heterocycles. The molecule has 0 atom stereocenters. The van der Waals surface area contributed by atoms with Crippen LogP contribution in [0, 0.1) is 0 Å². The lowest BCUT2D eigenvalue weighted by Gasteiger charge is -2.07. The average Bonchev–Trinajstić information content (AvgIpc) is 3.01. The number of rotatable bonds is 33. The Morgan fingerprint density at radius 3 is 0.357 bits per heavy atom. The molecule has 0 saturated heterocycles. The summed E-state index contributed by atoms with van der Waals surface area (Å²) in [6, 6.07) is 0. The normalized spacial score (nSPS) is 10.7. The van der Waals surface area contributed by atoms with Crippen molar-refractivity contribution < 1.29 is 78.0 Å². The molecule has 0 aromatic carbocycles. The van der Waals surface area contributed by atoms with Gasteiger partial charge in [0, 0.05) is 0 Å². The second-order valence-corrected chi connectivity index (χ2v) is 7.47. The van der Waals surface area contributed by atoms with Gasteiger partial charge in [-0.05, 0) is 0 Å². The maximum atomic E-state index is 8.45. The molecule has 0 unspecified atom stereocenters. The lowest BCUT2D eigenvalue weighted by Crippen LogP contribution is -2.14. The van der Waals surface area contributed by atoms with Crippen LogP contribution < -0.4 is 0 Å². The molecule has 0 heterocycles. The zero-order valence-corrected chi connectivity index (χ0v) is 25.2. The van der Waals surface area contributed by atoms with Crippen LogP contribution in [-0.2, 0) is 47.4 Å². The zero-order valence-electron chi connectivity index (χ0n) is 25.2. The highest BCUT2D eigenvalue weighted by Crippen LogP contribution is 1.84. The fourth-order valence-electron chi connectivity index (χ4n) is 2.23. The molecule has 0 fully saturated rings. The molecule has 0 amide bonds. The maximum absolute atomic E-state index is 8.45. The van der Waals surface area contributed by atoms with Gasteiger partial charge in [0.2, 0.25) is 0 Å². The molecule has 0 spiro atoms. The molecule has 0 aliphatic rings. The number of hydrogen-bond acceptors (Lipinski definition) is 16. The number of hydrogen-bond donors (Lipinski definition) is 6. The standard InChI is InChI=1S/C12H26O7.C8H18O5.C6H14O4/c13-1-3-15-5-7-17-9-11-19-12-10-18-8-6-16-4-2-14;9-1-3-11-5-7-13-8-6-12-4-2-10;7-1-3-9-5-6-10-4-2-8/h13-14H,1-12H2;9-10H,1-8H2;7-8H,1-6H2. The predicted octanol–water partition coefficient (Wildman–Crippen LogP) is -2.92. The van der Waals surface area contributed by atoms with Crippen LogP contribution in [0.1, 0.15) is 0 Å². The van der Waals surface area contributed by atoms with Crippen molar-refractivity contribution in [1.82, 2.24) is 0 Å². The number of aliphatic hydroxyl groups is 6. The van der Waals surface area contributed by atoms with Crippen LogP contribution in [0.4, 0.5) is 0 Å². The van der Waals surface area contributed by atoms with Crippen molar-refractivity contribution in [2.45, 2.75) is 0 Å². The second kappa shape index (κ2) is 50.0. The molecule has 0 rings (SSSR count). The van der Waals surface area contributed by atoms with E-state index in [1.165, 1.54) is 0 Å². The van der Waals surface area contributed by atoms with Crippen LogP contribution in [0.5, 0.6) is 0 Å². The van der Waals surface area contributed by atoms with E-state index >= 15 is 0 Å². The molecular formula is C26H58O16. The van der Waals surface area contributed by atoms with Crippen molar-refractivity contribution >= 4 is 0 Å². The fourth-order valence-corrected chi connectivity index (χ4v) is 2.23. The smallest absolute Gasteiger partial charge is 0.0701 e. The second-order valence-electron chi connectivity index (χ2n) is 7.47. The van der Waals surface area contributed by atoms with Gasteiger partial charge in [-0.1, -0.05) is 0 Å². The summed E-state index contributed by atoms with van der Waals surface area (Å²) in [5.41, 5.74) is 0. The largest absolute Gasteiger partial charge is 0.394 e. The van der Waals surface area contributed by atoms with E-state index in [0.717, 1.165) is 0 Å². The van der Waals surface area contributed by atoms with E-state index in [1.807, 2.05) is 0 Å². The Morgan fingerprint density at radius 1 is 0.167 bits per heavy atom. The van der Waals surface area contributed by atoms with Crippen LogP contribution in [0.2, 0.25) is 0 Å². The maximum Gasteiger partial charge on any atom is 0.0701 e. The molecule has 42 heavy (non-hydrogen) atoms. The Hall–Kier alpha value is -0.640. The van der Waals surface area contributed by atoms with Gasteiger partial charge in [-0.3, -0.25) is 0 Å². The van der Waals surface area contributed by atoms with E-state index in [4.69, 9.17) is 78.0 Å². The van der Waals surface area contributed by atoms with Crippen molar-refractivity contribution in [2.75, 3.05) is 172 Å². The van der Waals surface area contributed by atoms with Crippen molar-refractivity contribution in [1.29, 1.82) is 0 Å². The van der Waals surface area contributed by atoms with Gasteiger partial charge in [0.05, 0.1) is 172 Å². The topological polar surface area (TPSA) is 214 Å². The van der Waals surface area contributed by atoms with Crippen LogP contribution in [0.15, 0.2) is 0 Å². The summed E-state index contributed by atoms with van der Waals surface area (Å²) in [7, 11) is 0. The molecule has 6 N–H and O–H groups in total. The van der Waals surface area contributed by atoms with Gasteiger partial charge in [0.25, 0.3) is 0 Å². The third kappa shape index (κ3) is 55.3. The van der Waals surface area contributed by atoms with E-state index in [0.29, 0.717) is 132 Å². The van der Waals surface area contributed by atoms with Crippen molar-refractivity contribution in [2.24, 2.45) is 0 Å². The molecule has 16 nitrogen and oxygen atoms in total. The Bertz CT molecular complexity index is 379. The van der Waals surface area contributed by atoms with Gasteiger partial charge in [0.15, 0.2) is 0 Å². The Kier molecular flexibility index (Phi) is 54.5. The van der Waals surface area contributed by atoms with Gasteiger partial charge in [0.1, 0.15) is 0 Å². The summed E-state index contributed by atoms with van der Waals surface area (Å²) >= 11 is 0. The first kappa shape index (κ1) is 45.8. The molecular weight excluding hydrogens is 568 g/mol. The third-order valence-corrected chi connectivity index (χ3v) is 4.02. The summed E-state index contributed by atoms with van der Waals surface area (Å²) in [6.45, 7) is 9.30. The summed E-state index contributed by atoms with van der Waals surface area (Å²) in [5, 5.41) is 50.1. The van der Waals surface area contributed by atoms with Gasteiger partial charge >= 0.3 is 0 Å². The quantitative estimate of drug-likeness (QED) is 0.0403. The molecule has 16 heteroatoms. The van der Waals surface area contributed by atoms with E-state index in [9.17, 15) is 0 Å².